The zero-order valence-corrected chi connectivity index (χ0v) is 14.9. The number of nitrogens with one attached hydrogen (secondary N) is 1. The number of carbonyl (C=O) groups is 2. The van der Waals surface area contributed by atoms with Crippen LogP contribution in [0.4, 0.5) is 4.39 Å². The maximum absolute atomic E-state index is 13.7. The molecule has 26 heavy (non-hydrogen) atoms. The maximum Gasteiger partial charge on any atom is 0.309 e. The number of esters is 1. The van der Waals surface area contributed by atoms with Gasteiger partial charge in [0, 0.05) is 18.5 Å². The van der Waals surface area contributed by atoms with E-state index in [-0.39, 0.29) is 35.4 Å². The predicted octanol–water partition coefficient (Wildman–Crippen LogP) is 3.64. The Morgan fingerprint density at radius 1 is 1.15 bits per heavy atom. The third-order valence-electron chi connectivity index (χ3n) is 5.03. The molecule has 3 atom stereocenters. The summed E-state index contributed by atoms with van der Waals surface area (Å²) < 4.78 is 18.9. The Morgan fingerprint density at radius 3 is 2.50 bits per heavy atom. The van der Waals surface area contributed by atoms with Gasteiger partial charge < -0.3 is 10.1 Å². The minimum absolute atomic E-state index is 0.0879. The van der Waals surface area contributed by atoms with Crippen LogP contribution in [0.25, 0.3) is 0 Å². The van der Waals surface area contributed by atoms with Gasteiger partial charge in [0.15, 0.2) is 0 Å². The highest BCUT2D eigenvalue weighted by Gasteiger charge is 2.47. The molecular formula is C21H22FNO3. The second-order valence-corrected chi connectivity index (χ2v) is 6.48. The third kappa shape index (κ3) is 3.47. The van der Waals surface area contributed by atoms with Crippen molar-refractivity contribution in [3.05, 3.63) is 71.0 Å². The van der Waals surface area contributed by atoms with Crippen LogP contribution in [-0.2, 0) is 9.53 Å². The lowest BCUT2D eigenvalue weighted by Gasteiger charge is -2.44. The summed E-state index contributed by atoms with van der Waals surface area (Å²) in [5, 5.41) is 2.59. The Balaban J connectivity index is 1.88. The molecule has 0 saturated heterocycles. The SMILES string of the molecule is CCOC(=O)[C@H]1CC(c2ccc(C(=O)NC)cc2)[C@@H]1c1cccc(F)c1. The van der Waals surface area contributed by atoms with Gasteiger partial charge in [-0.3, -0.25) is 9.59 Å². The van der Waals surface area contributed by atoms with E-state index in [0.29, 0.717) is 18.6 Å². The Kier molecular flexibility index (Phi) is 5.35. The van der Waals surface area contributed by atoms with Gasteiger partial charge >= 0.3 is 5.97 Å². The van der Waals surface area contributed by atoms with E-state index in [1.807, 2.05) is 18.2 Å². The third-order valence-corrected chi connectivity index (χ3v) is 5.03. The van der Waals surface area contributed by atoms with Gasteiger partial charge in [-0.1, -0.05) is 24.3 Å². The molecule has 0 spiro atoms. The fourth-order valence-corrected chi connectivity index (χ4v) is 3.69. The van der Waals surface area contributed by atoms with Crippen LogP contribution in [0, 0.1) is 11.7 Å². The molecule has 4 nitrogen and oxygen atoms in total. The van der Waals surface area contributed by atoms with E-state index in [0.717, 1.165) is 11.1 Å². The number of halogens is 1. The summed E-state index contributed by atoms with van der Waals surface area (Å²) in [6.45, 7) is 2.11. The first kappa shape index (κ1) is 18.1. The molecule has 5 heteroatoms. The molecule has 1 fully saturated rings. The van der Waals surface area contributed by atoms with Crippen LogP contribution < -0.4 is 5.32 Å². The highest BCUT2D eigenvalue weighted by Crippen LogP contribution is 2.54. The molecule has 0 radical (unpaired) electrons. The minimum Gasteiger partial charge on any atom is -0.466 e. The van der Waals surface area contributed by atoms with E-state index in [1.54, 1.807) is 32.2 Å². The van der Waals surface area contributed by atoms with Crippen molar-refractivity contribution in [3.8, 4) is 0 Å². The Hall–Kier alpha value is -2.69. The first-order valence-electron chi connectivity index (χ1n) is 8.79. The van der Waals surface area contributed by atoms with Crippen LogP contribution in [0.15, 0.2) is 48.5 Å². The van der Waals surface area contributed by atoms with Gasteiger partial charge in [-0.05, 0) is 54.7 Å². The number of carbonyl (C=O) groups excluding carboxylic acids is 2. The molecule has 0 bridgehead atoms. The zero-order chi connectivity index (χ0) is 18.7. The van der Waals surface area contributed by atoms with Crippen molar-refractivity contribution < 1.29 is 18.7 Å². The Morgan fingerprint density at radius 2 is 1.88 bits per heavy atom. The van der Waals surface area contributed by atoms with E-state index < -0.39 is 0 Å². The van der Waals surface area contributed by atoms with Gasteiger partial charge in [-0.25, -0.2) is 4.39 Å². The van der Waals surface area contributed by atoms with Gasteiger partial charge in [-0.15, -0.1) is 0 Å². The summed E-state index contributed by atoms with van der Waals surface area (Å²) in [5.74, 6) is -1.01. The fourth-order valence-electron chi connectivity index (χ4n) is 3.69. The summed E-state index contributed by atoms with van der Waals surface area (Å²) in [6, 6.07) is 13.8. The molecule has 0 aromatic heterocycles. The second-order valence-electron chi connectivity index (χ2n) is 6.48. The van der Waals surface area contributed by atoms with E-state index in [9.17, 15) is 14.0 Å². The van der Waals surface area contributed by atoms with Gasteiger partial charge in [0.05, 0.1) is 12.5 Å². The van der Waals surface area contributed by atoms with E-state index in [1.165, 1.54) is 12.1 Å². The van der Waals surface area contributed by atoms with Crippen LogP contribution in [0.2, 0.25) is 0 Å². The van der Waals surface area contributed by atoms with Crippen LogP contribution in [0.1, 0.15) is 46.7 Å². The lowest BCUT2D eigenvalue weighted by atomic mass is 9.59. The van der Waals surface area contributed by atoms with Crippen molar-refractivity contribution in [2.75, 3.05) is 13.7 Å². The number of ether oxygens (including phenoxy) is 1. The predicted molar refractivity (Wildman–Crippen MR) is 96.5 cm³/mol. The second kappa shape index (κ2) is 7.68. The lowest BCUT2D eigenvalue weighted by Crippen LogP contribution is -2.39. The van der Waals surface area contributed by atoms with Gasteiger partial charge in [0.1, 0.15) is 5.82 Å². The van der Waals surface area contributed by atoms with Gasteiger partial charge in [0.25, 0.3) is 5.91 Å². The van der Waals surface area contributed by atoms with Crippen molar-refractivity contribution in [2.45, 2.75) is 25.2 Å². The molecule has 0 heterocycles. The standard InChI is InChI=1S/C21H22FNO3/c1-3-26-21(25)18-12-17(19(18)15-5-4-6-16(22)11-15)13-7-9-14(10-8-13)20(24)23-2/h4-11,17-19H,3,12H2,1-2H3,(H,23,24)/t17?,18-,19-/m0/s1. The van der Waals surface area contributed by atoms with Crippen molar-refractivity contribution in [3.63, 3.8) is 0 Å². The van der Waals surface area contributed by atoms with E-state index in [4.69, 9.17) is 4.74 Å². The number of amides is 1. The van der Waals surface area contributed by atoms with E-state index in [2.05, 4.69) is 5.32 Å². The molecule has 1 aliphatic carbocycles. The summed E-state index contributed by atoms with van der Waals surface area (Å²) in [7, 11) is 1.59. The quantitative estimate of drug-likeness (QED) is 0.833. The molecule has 1 amide bonds. The molecule has 2 aromatic carbocycles. The van der Waals surface area contributed by atoms with Crippen molar-refractivity contribution in [1.82, 2.24) is 5.32 Å². The molecule has 0 aliphatic heterocycles. The highest BCUT2D eigenvalue weighted by atomic mass is 19.1. The number of benzene rings is 2. The van der Waals surface area contributed by atoms with Crippen LogP contribution >= 0.6 is 0 Å². The van der Waals surface area contributed by atoms with Crippen LogP contribution in [0.5, 0.6) is 0 Å². The highest BCUT2D eigenvalue weighted by molar-refractivity contribution is 5.94. The van der Waals surface area contributed by atoms with E-state index >= 15 is 0 Å². The zero-order valence-electron chi connectivity index (χ0n) is 14.9. The first-order chi connectivity index (χ1) is 12.5. The topological polar surface area (TPSA) is 55.4 Å². The lowest BCUT2D eigenvalue weighted by molar-refractivity contribution is -0.152. The normalized spacial score (nSPS) is 21.6. The largest absolute Gasteiger partial charge is 0.466 e. The Bertz CT molecular complexity index is 803. The number of hydrogen-bond donors (Lipinski definition) is 1. The van der Waals surface area contributed by atoms with Crippen molar-refractivity contribution in [2.24, 2.45) is 5.92 Å². The van der Waals surface area contributed by atoms with Crippen LogP contribution in [-0.4, -0.2) is 25.5 Å². The number of hydrogen-bond acceptors (Lipinski definition) is 3. The van der Waals surface area contributed by atoms with Gasteiger partial charge in [0.2, 0.25) is 0 Å². The number of rotatable bonds is 5. The van der Waals surface area contributed by atoms with Crippen molar-refractivity contribution in [1.29, 1.82) is 0 Å². The Labute approximate surface area is 152 Å². The molecule has 136 valence electrons. The average Bonchev–Trinajstić information content (AvgIpc) is 2.61. The summed E-state index contributed by atoms with van der Waals surface area (Å²) in [6.07, 6.45) is 0.652. The molecule has 2 aromatic rings. The monoisotopic (exact) mass is 355 g/mol. The van der Waals surface area contributed by atoms with Crippen molar-refractivity contribution >= 4 is 11.9 Å². The molecular weight excluding hydrogens is 333 g/mol. The maximum atomic E-state index is 13.7. The summed E-state index contributed by atoms with van der Waals surface area (Å²) >= 11 is 0. The molecule has 1 N–H and O–H groups in total. The summed E-state index contributed by atoms with van der Waals surface area (Å²) in [4.78, 5) is 24.0. The molecule has 1 unspecified atom stereocenters. The average molecular weight is 355 g/mol. The molecule has 1 saturated carbocycles. The van der Waals surface area contributed by atoms with Crippen LogP contribution in [0.3, 0.4) is 0 Å². The molecule has 1 aliphatic rings. The fraction of sp³-hybridized carbons (Fsp3) is 0.333. The summed E-state index contributed by atoms with van der Waals surface area (Å²) in [5.41, 5.74) is 2.42. The van der Waals surface area contributed by atoms with Gasteiger partial charge in [-0.2, -0.15) is 0 Å². The minimum atomic E-state index is -0.314. The smallest absolute Gasteiger partial charge is 0.309 e. The first-order valence-corrected chi connectivity index (χ1v) is 8.79. The molecule has 3 rings (SSSR count).